The first-order valence-corrected chi connectivity index (χ1v) is 5.78. The molecule has 7 heteroatoms. The number of anilines is 1. The fourth-order valence-electron chi connectivity index (χ4n) is 2.21. The van der Waals surface area contributed by atoms with Crippen LogP contribution >= 0.6 is 0 Å². The number of carbonyl (C=O) groups excluding carboxylic acids is 1. The largest absolute Gasteiger partial charge is 0.573 e. The molecule has 1 aromatic carbocycles. The number of hydrogen-bond donors (Lipinski definition) is 1. The summed E-state index contributed by atoms with van der Waals surface area (Å²) in [6.45, 7) is 0.660. The third-order valence-electron chi connectivity index (χ3n) is 2.98. The van der Waals surface area contributed by atoms with Crippen LogP contribution in [0.3, 0.4) is 0 Å². The van der Waals surface area contributed by atoms with Crippen molar-refractivity contribution >= 4 is 11.6 Å². The molecule has 0 radical (unpaired) electrons. The summed E-state index contributed by atoms with van der Waals surface area (Å²) in [5, 5.41) is 0. The summed E-state index contributed by atoms with van der Waals surface area (Å²) < 4.78 is 39.8. The predicted octanol–water partition coefficient (Wildman–Crippen LogP) is 2.04. The van der Waals surface area contributed by atoms with Gasteiger partial charge in [0, 0.05) is 12.2 Å². The van der Waals surface area contributed by atoms with Crippen molar-refractivity contribution in [1.29, 1.82) is 0 Å². The lowest BCUT2D eigenvalue weighted by atomic mass is 10.2. The van der Waals surface area contributed by atoms with E-state index in [1.54, 1.807) is 4.90 Å². The van der Waals surface area contributed by atoms with Gasteiger partial charge in [-0.25, -0.2) is 0 Å². The number of benzene rings is 1. The lowest BCUT2D eigenvalue weighted by Crippen LogP contribution is -2.40. The van der Waals surface area contributed by atoms with Crippen LogP contribution in [0.15, 0.2) is 24.3 Å². The number of halogens is 3. The van der Waals surface area contributed by atoms with E-state index in [0.717, 1.165) is 6.42 Å². The van der Waals surface area contributed by atoms with E-state index in [1.807, 2.05) is 0 Å². The molecule has 0 saturated carbocycles. The molecule has 0 aromatic heterocycles. The van der Waals surface area contributed by atoms with Crippen molar-refractivity contribution < 1.29 is 22.7 Å². The number of nitrogens with zero attached hydrogens (tertiary/aromatic N) is 1. The maximum Gasteiger partial charge on any atom is 0.573 e. The smallest absolute Gasteiger partial charge is 0.406 e. The highest BCUT2D eigenvalue weighted by Crippen LogP contribution is 2.29. The van der Waals surface area contributed by atoms with Gasteiger partial charge in [-0.15, -0.1) is 13.2 Å². The summed E-state index contributed by atoms with van der Waals surface area (Å²) in [7, 11) is 0. The maximum atomic E-state index is 12.0. The normalized spacial score (nSPS) is 19.5. The fraction of sp³-hybridized carbons (Fsp3) is 0.417. The van der Waals surface area contributed by atoms with Gasteiger partial charge in [0.1, 0.15) is 11.8 Å². The molecule has 104 valence electrons. The minimum absolute atomic E-state index is 0.286. The van der Waals surface area contributed by atoms with E-state index in [0.29, 0.717) is 18.7 Å². The standard InChI is InChI=1S/C12H13F3N2O2/c13-12(14,15)19-9-5-3-8(4-6-9)17-7-1-2-10(17)11(16)18/h3-6,10H,1-2,7H2,(H2,16,18). The summed E-state index contributed by atoms with van der Waals surface area (Å²) in [5.74, 6) is -0.709. The summed E-state index contributed by atoms with van der Waals surface area (Å²) in [6, 6.07) is 5.03. The van der Waals surface area contributed by atoms with E-state index in [9.17, 15) is 18.0 Å². The second-order valence-corrected chi connectivity index (χ2v) is 4.30. The van der Waals surface area contributed by atoms with E-state index in [4.69, 9.17) is 5.73 Å². The van der Waals surface area contributed by atoms with Crippen LogP contribution < -0.4 is 15.4 Å². The highest BCUT2D eigenvalue weighted by atomic mass is 19.4. The van der Waals surface area contributed by atoms with Gasteiger partial charge in [-0.2, -0.15) is 0 Å². The third-order valence-corrected chi connectivity index (χ3v) is 2.98. The van der Waals surface area contributed by atoms with Gasteiger partial charge in [0.25, 0.3) is 0 Å². The lowest BCUT2D eigenvalue weighted by Gasteiger charge is -2.24. The number of nitrogens with two attached hydrogens (primary N) is 1. The minimum Gasteiger partial charge on any atom is -0.406 e. The highest BCUT2D eigenvalue weighted by molar-refractivity contribution is 5.84. The topological polar surface area (TPSA) is 55.6 Å². The molecule has 1 heterocycles. The van der Waals surface area contributed by atoms with Crippen LogP contribution in [0.2, 0.25) is 0 Å². The van der Waals surface area contributed by atoms with Crippen LogP contribution in [-0.4, -0.2) is 24.9 Å². The average Bonchev–Trinajstić information content (AvgIpc) is 2.76. The van der Waals surface area contributed by atoms with E-state index in [2.05, 4.69) is 4.74 Å². The molecule has 19 heavy (non-hydrogen) atoms. The highest BCUT2D eigenvalue weighted by Gasteiger charge is 2.32. The molecule has 1 aromatic rings. The predicted molar refractivity (Wildman–Crippen MR) is 62.7 cm³/mol. The van der Waals surface area contributed by atoms with Crippen LogP contribution in [0.1, 0.15) is 12.8 Å². The van der Waals surface area contributed by atoms with Crippen molar-refractivity contribution in [2.24, 2.45) is 5.73 Å². The summed E-state index contributed by atoms with van der Waals surface area (Å²) in [6.07, 6.45) is -3.21. The van der Waals surface area contributed by atoms with Gasteiger partial charge in [0.05, 0.1) is 0 Å². The molecular weight excluding hydrogens is 261 g/mol. The monoisotopic (exact) mass is 274 g/mol. The number of hydrogen-bond acceptors (Lipinski definition) is 3. The second kappa shape index (κ2) is 4.99. The average molecular weight is 274 g/mol. The van der Waals surface area contributed by atoms with Gasteiger partial charge in [0.2, 0.25) is 5.91 Å². The van der Waals surface area contributed by atoms with Crippen molar-refractivity contribution in [1.82, 2.24) is 0 Å². The Morgan fingerprint density at radius 3 is 2.47 bits per heavy atom. The Balaban J connectivity index is 2.12. The van der Waals surface area contributed by atoms with Crippen LogP contribution in [0.25, 0.3) is 0 Å². The maximum absolute atomic E-state index is 12.0. The molecule has 1 amide bonds. The Labute approximate surface area is 107 Å². The Kier molecular flexibility index (Phi) is 3.55. The van der Waals surface area contributed by atoms with Crippen LogP contribution in [0, 0.1) is 0 Å². The molecule has 1 atom stereocenters. The molecule has 0 spiro atoms. The van der Waals surface area contributed by atoms with Gasteiger partial charge in [0.15, 0.2) is 0 Å². The molecule has 1 fully saturated rings. The van der Waals surface area contributed by atoms with Crippen molar-refractivity contribution in [3.05, 3.63) is 24.3 Å². The third kappa shape index (κ3) is 3.30. The molecule has 1 unspecified atom stereocenters. The summed E-state index contributed by atoms with van der Waals surface area (Å²) >= 11 is 0. The van der Waals surface area contributed by atoms with Crippen molar-refractivity contribution in [2.45, 2.75) is 25.2 Å². The molecule has 2 N–H and O–H groups in total. The van der Waals surface area contributed by atoms with Crippen molar-refractivity contribution in [2.75, 3.05) is 11.4 Å². The van der Waals surface area contributed by atoms with Gasteiger partial charge < -0.3 is 15.4 Å². The zero-order chi connectivity index (χ0) is 14.0. The number of carbonyl (C=O) groups is 1. The number of amides is 1. The Bertz CT molecular complexity index is 459. The molecule has 4 nitrogen and oxygen atoms in total. The van der Waals surface area contributed by atoms with Crippen LogP contribution in [-0.2, 0) is 4.79 Å². The second-order valence-electron chi connectivity index (χ2n) is 4.30. The zero-order valence-corrected chi connectivity index (χ0v) is 9.98. The quantitative estimate of drug-likeness (QED) is 0.917. The van der Waals surface area contributed by atoms with E-state index < -0.39 is 18.3 Å². The molecule has 0 bridgehead atoms. The SMILES string of the molecule is NC(=O)C1CCCN1c1ccc(OC(F)(F)F)cc1. The van der Waals surface area contributed by atoms with Gasteiger partial charge >= 0.3 is 6.36 Å². The van der Waals surface area contributed by atoms with Gasteiger partial charge in [-0.1, -0.05) is 0 Å². The van der Waals surface area contributed by atoms with Crippen LogP contribution in [0.5, 0.6) is 5.75 Å². The number of alkyl halides is 3. The van der Waals surface area contributed by atoms with Crippen molar-refractivity contribution in [3.8, 4) is 5.75 Å². The van der Waals surface area contributed by atoms with Gasteiger partial charge in [-0.3, -0.25) is 4.79 Å². The van der Waals surface area contributed by atoms with Crippen LogP contribution in [0.4, 0.5) is 18.9 Å². The molecule has 2 rings (SSSR count). The first kappa shape index (κ1) is 13.5. The summed E-state index contributed by atoms with van der Waals surface area (Å²) in [4.78, 5) is 13.0. The molecule has 1 aliphatic heterocycles. The number of rotatable bonds is 3. The minimum atomic E-state index is -4.70. The molecular formula is C12H13F3N2O2. The number of primary amides is 1. The van der Waals surface area contributed by atoms with Crippen molar-refractivity contribution in [3.63, 3.8) is 0 Å². The van der Waals surface area contributed by atoms with E-state index >= 15 is 0 Å². The first-order valence-electron chi connectivity index (χ1n) is 5.78. The zero-order valence-electron chi connectivity index (χ0n) is 9.98. The Morgan fingerprint density at radius 2 is 1.95 bits per heavy atom. The van der Waals surface area contributed by atoms with E-state index in [1.165, 1.54) is 24.3 Å². The van der Waals surface area contributed by atoms with E-state index in [-0.39, 0.29) is 5.75 Å². The lowest BCUT2D eigenvalue weighted by molar-refractivity contribution is -0.274. The molecule has 0 aliphatic carbocycles. The fourth-order valence-corrected chi connectivity index (χ4v) is 2.21. The van der Waals surface area contributed by atoms with Gasteiger partial charge in [-0.05, 0) is 37.1 Å². The molecule has 1 aliphatic rings. The summed E-state index contributed by atoms with van der Waals surface area (Å²) in [5.41, 5.74) is 5.95. The Hall–Kier alpha value is -1.92. The Morgan fingerprint density at radius 1 is 1.32 bits per heavy atom. The number of ether oxygens (including phenoxy) is 1. The first-order chi connectivity index (χ1) is 8.87. The molecule has 1 saturated heterocycles.